The Morgan fingerprint density at radius 3 is 2.44 bits per heavy atom. The Kier molecular flexibility index (Phi) is 6.61. The first-order valence-electron chi connectivity index (χ1n) is 12.2. The van der Waals surface area contributed by atoms with Crippen LogP contribution >= 0.6 is 0 Å². The number of fused-ring (bicyclic) bond motifs is 1. The van der Waals surface area contributed by atoms with Crippen molar-refractivity contribution in [3.63, 3.8) is 0 Å². The molecule has 1 aromatic heterocycles. The van der Waals surface area contributed by atoms with E-state index in [1.165, 1.54) is 18.9 Å². The monoisotopic (exact) mass is 463 g/mol. The highest BCUT2D eigenvalue weighted by Crippen LogP contribution is 2.47. The standard InChI is InChI=1S/C28H37N3O3/c1-17(2)20-8-10-21(11-9-20)29-27-30-23-13-26(34-19(4)32)25(33-7)14-24(23)31(27)22-12-18(3)15-28(5,6)16-22/h8-11,13-14,17-18,22H,12,15-16H2,1-7H3,(H,29,30)/t18-,22+/m1/s1. The van der Waals surface area contributed by atoms with Crippen LogP contribution in [0, 0.1) is 11.3 Å². The summed E-state index contributed by atoms with van der Waals surface area (Å²) in [5.74, 6) is 2.42. The number of anilines is 2. The van der Waals surface area contributed by atoms with E-state index in [9.17, 15) is 4.79 Å². The van der Waals surface area contributed by atoms with Gasteiger partial charge in [-0.05, 0) is 54.2 Å². The summed E-state index contributed by atoms with van der Waals surface area (Å²) in [5.41, 5.74) is 4.30. The molecule has 2 atom stereocenters. The van der Waals surface area contributed by atoms with Crippen LogP contribution in [-0.4, -0.2) is 22.6 Å². The number of nitrogens with zero attached hydrogens (tertiary/aromatic N) is 2. The minimum atomic E-state index is -0.386. The maximum absolute atomic E-state index is 11.6. The second-order valence-electron chi connectivity index (χ2n) is 10.9. The van der Waals surface area contributed by atoms with Crippen LogP contribution in [0.25, 0.3) is 11.0 Å². The number of aromatic nitrogens is 2. The molecule has 0 radical (unpaired) electrons. The van der Waals surface area contributed by atoms with Gasteiger partial charge in [0.25, 0.3) is 0 Å². The fraction of sp³-hybridized carbons (Fsp3) is 0.500. The molecular weight excluding hydrogens is 426 g/mol. The second-order valence-corrected chi connectivity index (χ2v) is 10.9. The first kappa shape index (κ1) is 24.1. The Labute approximate surface area is 202 Å². The number of hydrogen-bond acceptors (Lipinski definition) is 5. The third kappa shape index (κ3) is 5.06. The van der Waals surface area contributed by atoms with Crippen LogP contribution in [0.3, 0.4) is 0 Å². The lowest BCUT2D eigenvalue weighted by molar-refractivity contribution is -0.132. The molecule has 6 heteroatoms. The van der Waals surface area contributed by atoms with Crippen LogP contribution in [0.4, 0.5) is 11.6 Å². The van der Waals surface area contributed by atoms with E-state index in [-0.39, 0.29) is 11.4 Å². The van der Waals surface area contributed by atoms with Crippen molar-refractivity contribution in [2.75, 3.05) is 12.4 Å². The molecule has 0 bridgehead atoms. The Morgan fingerprint density at radius 1 is 1.15 bits per heavy atom. The summed E-state index contributed by atoms with van der Waals surface area (Å²) in [6.45, 7) is 12.8. The molecule has 0 amide bonds. The smallest absolute Gasteiger partial charge is 0.308 e. The molecule has 0 unspecified atom stereocenters. The Morgan fingerprint density at radius 2 is 1.85 bits per heavy atom. The third-order valence-electron chi connectivity index (χ3n) is 6.79. The molecule has 34 heavy (non-hydrogen) atoms. The van der Waals surface area contributed by atoms with E-state index in [1.54, 1.807) is 13.2 Å². The quantitative estimate of drug-likeness (QED) is 0.309. The zero-order valence-corrected chi connectivity index (χ0v) is 21.4. The van der Waals surface area contributed by atoms with E-state index >= 15 is 0 Å². The summed E-state index contributed by atoms with van der Waals surface area (Å²) in [6.07, 6.45) is 3.37. The molecule has 1 fully saturated rings. The highest BCUT2D eigenvalue weighted by molar-refractivity contribution is 5.85. The molecule has 0 spiro atoms. The van der Waals surface area contributed by atoms with Crippen molar-refractivity contribution in [1.82, 2.24) is 9.55 Å². The second kappa shape index (κ2) is 9.32. The minimum Gasteiger partial charge on any atom is -0.493 e. The first-order chi connectivity index (χ1) is 16.1. The Bertz CT molecular complexity index is 1180. The van der Waals surface area contributed by atoms with E-state index in [1.807, 2.05) is 6.07 Å². The largest absolute Gasteiger partial charge is 0.493 e. The van der Waals surface area contributed by atoms with Crippen LogP contribution in [0.15, 0.2) is 36.4 Å². The lowest BCUT2D eigenvalue weighted by atomic mass is 9.70. The minimum absolute atomic E-state index is 0.247. The van der Waals surface area contributed by atoms with Gasteiger partial charge in [0, 0.05) is 30.8 Å². The van der Waals surface area contributed by atoms with Crippen molar-refractivity contribution in [1.29, 1.82) is 0 Å². The van der Waals surface area contributed by atoms with Gasteiger partial charge in [-0.25, -0.2) is 4.98 Å². The number of ether oxygens (including phenoxy) is 2. The van der Waals surface area contributed by atoms with E-state index in [4.69, 9.17) is 14.5 Å². The molecule has 182 valence electrons. The molecule has 6 nitrogen and oxygen atoms in total. The Balaban J connectivity index is 1.83. The van der Waals surface area contributed by atoms with Crippen LogP contribution in [0.1, 0.15) is 78.3 Å². The maximum atomic E-state index is 11.6. The van der Waals surface area contributed by atoms with Crippen molar-refractivity contribution in [2.24, 2.45) is 11.3 Å². The first-order valence-corrected chi connectivity index (χ1v) is 12.2. The normalized spacial score (nSPS) is 19.9. The molecule has 4 rings (SSSR count). The summed E-state index contributed by atoms with van der Waals surface area (Å²) in [7, 11) is 1.59. The van der Waals surface area contributed by atoms with Crippen molar-refractivity contribution < 1.29 is 14.3 Å². The molecule has 2 aromatic carbocycles. The van der Waals surface area contributed by atoms with Gasteiger partial charge in [-0.2, -0.15) is 0 Å². The van der Waals surface area contributed by atoms with Crippen molar-refractivity contribution in [3.05, 3.63) is 42.0 Å². The molecule has 1 N–H and O–H groups in total. The molecule has 1 saturated carbocycles. The van der Waals surface area contributed by atoms with E-state index in [0.29, 0.717) is 29.4 Å². The fourth-order valence-corrected chi connectivity index (χ4v) is 5.53. The van der Waals surface area contributed by atoms with Crippen molar-refractivity contribution in [2.45, 2.75) is 72.8 Å². The highest BCUT2D eigenvalue weighted by atomic mass is 16.6. The number of esters is 1. The summed E-state index contributed by atoms with van der Waals surface area (Å²) < 4.78 is 13.3. The summed E-state index contributed by atoms with van der Waals surface area (Å²) in [6, 6.07) is 12.6. The fourth-order valence-electron chi connectivity index (χ4n) is 5.53. The van der Waals surface area contributed by atoms with Gasteiger partial charge in [0.15, 0.2) is 11.5 Å². The van der Waals surface area contributed by atoms with Crippen LogP contribution in [0.5, 0.6) is 11.5 Å². The lowest BCUT2D eigenvalue weighted by Gasteiger charge is -2.40. The lowest BCUT2D eigenvalue weighted by Crippen LogP contribution is -2.29. The predicted octanol–water partition coefficient (Wildman–Crippen LogP) is 7.22. The van der Waals surface area contributed by atoms with Gasteiger partial charge in [0.2, 0.25) is 5.95 Å². The van der Waals surface area contributed by atoms with Gasteiger partial charge < -0.3 is 19.4 Å². The molecule has 0 saturated heterocycles. The number of rotatable bonds is 6. The maximum Gasteiger partial charge on any atom is 0.308 e. The number of nitrogens with one attached hydrogen (secondary N) is 1. The molecule has 1 aliphatic carbocycles. The van der Waals surface area contributed by atoms with Gasteiger partial charge >= 0.3 is 5.97 Å². The topological polar surface area (TPSA) is 65.4 Å². The molecule has 0 aliphatic heterocycles. The summed E-state index contributed by atoms with van der Waals surface area (Å²) in [5, 5.41) is 3.57. The van der Waals surface area contributed by atoms with Gasteiger partial charge in [-0.3, -0.25) is 4.79 Å². The van der Waals surface area contributed by atoms with Crippen LogP contribution in [-0.2, 0) is 4.79 Å². The SMILES string of the molecule is COc1cc2c(cc1OC(C)=O)nc(Nc1ccc(C(C)C)cc1)n2[C@H]1C[C@@H](C)CC(C)(C)C1. The molecule has 1 aliphatic rings. The predicted molar refractivity (Wildman–Crippen MR) is 137 cm³/mol. The number of carbonyl (C=O) groups is 1. The number of hydrogen-bond donors (Lipinski definition) is 1. The number of carbonyl (C=O) groups excluding carboxylic acids is 1. The van der Waals surface area contributed by atoms with E-state index < -0.39 is 0 Å². The number of imidazole rings is 1. The van der Waals surface area contributed by atoms with Gasteiger partial charge in [0.05, 0.1) is 18.1 Å². The summed E-state index contributed by atoms with van der Waals surface area (Å²) >= 11 is 0. The average molecular weight is 464 g/mol. The highest BCUT2D eigenvalue weighted by Gasteiger charge is 2.35. The van der Waals surface area contributed by atoms with Crippen LogP contribution < -0.4 is 14.8 Å². The van der Waals surface area contributed by atoms with E-state index in [0.717, 1.165) is 35.5 Å². The number of methoxy groups -OCH3 is 1. The Hall–Kier alpha value is -3.02. The zero-order valence-electron chi connectivity index (χ0n) is 21.4. The number of benzene rings is 2. The van der Waals surface area contributed by atoms with Gasteiger partial charge in [-0.15, -0.1) is 0 Å². The van der Waals surface area contributed by atoms with Crippen LogP contribution in [0.2, 0.25) is 0 Å². The summed E-state index contributed by atoms with van der Waals surface area (Å²) in [4.78, 5) is 16.6. The third-order valence-corrected chi connectivity index (χ3v) is 6.79. The van der Waals surface area contributed by atoms with Gasteiger partial charge in [-0.1, -0.05) is 46.8 Å². The van der Waals surface area contributed by atoms with Crippen molar-refractivity contribution in [3.8, 4) is 11.5 Å². The van der Waals surface area contributed by atoms with Crippen molar-refractivity contribution >= 4 is 28.6 Å². The zero-order chi connectivity index (χ0) is 24.6. The van der Waals surface area contributed by atoms with Gasteiger partial charge in [0.1, 0.15) is 0 Å². The molecule has 3 aromatic rings. The molecular formula is C28H37N3O3. The molecule has 1 heterocycles. The average Bonchev–Trinajstić information content (AvgIpc) is 3.08. The van der Waals surface area contributed by atoms with E-state index in [2.05, 4.69) is 68.8 Å².